The van der Waals surface area contributed by atoms with Gasteiger partial charge >= 0.3 is 0 Å². The molecule has 0 saturated carbocycles. The lowest BCUT2D eigenvalue weighted by atomic mass is 10.1. The Morgan fingerprint density at radius 1 is 1.24 bits per heavy atom. The number of amides is 1. The Morgan fingerprint density at radius 3 is 2.62 bits per heavy atom. The molecule has 106 valence electrons. The van der Waals surface area contributed by atoms with E-state index in [1.165, 1.54) is 12.3 Å². The lowest BCUT2D eigenvalue weighted by molar-refractivity contribution is 0.102. The SMILES string of the molecule is Cc1cccc(C(=O)Nc2ccc([S@@](C)=O)c(C#N)c2)c1. The minimum absolute atomic E-state index is 0.243. The number of rotatable bonds is 3. The molecule has 0 fully saturated rings. The zero-order chi connectivity index (χ0) is 15.4. The van der Waals surface area contributed by atoms with Crippen LogP contribution in [0, 0.1) is 18.3 Å². The molecule has 2 rings (SSSR count). The average Bonchev–Trinajstić information content (AvgIpc) is 2.46. The summed E-state index contributed by atoms with van der Waals surface area (Å²) in [6.45, 7) is 1.91. The molecule has 0 unspecified atom stereocenters. The molecule has 0 heterocycles. The fraction of sp³-hybridized carbons (Fsp3) is 0.125. The summed E-state index contributed by atoms with van der Waals surface area (Å²) in [7, 11) is -1.24. The van der Waals surface area contributed by atoms with E-state index in [0.717, 1.165) is 5.56 Å². The predicted octanol–water partition coefficient (Wildman–Crippen LogP) is 2.86. The van der Waals surface area contributed by atoms with Crippen molar-refractivity contribution in [3.8, 4) is 6.07 Å². The third kappa shape index (κ3) is 3.56. The van der Waals surface area contributed by atoms with Crippen LogP contribution in [-0.2, 0) is 10.8 Å². The molecule has 21 heavy (non-hydrogen) atoms. The zero-order valence-corrected chi connectivity index (χ0v) is 12.5. The number of anilines is 1. The van der Waals surface area contributed by atoms with Crippen LogP contribution >= 0.6 is 0 Å². The van der Waals surface area contributed by atoms with E-state index in [-0.39, 0.29) is 5.91 Å². The summed E-state index contributed by atoms with van der Waals surface area (Å²) >= 11 is 0. The van der Waals surface area contributed by atoms with E-state index in [9.17, 15) is 9.00 Å². The van der Waals surface area contributed by atoms with E-state index < -0.39 is 10.8 Å². The second-order valence-electron chi connectivity index (χ2n) is 4.60. The van der Waals surface area contributed by atoms with E-state index in [1.807, 2.05) is 25.1 Å². The normalized spacial score (nSPS) is 11.5. The molecule has 0 aliphatic rings. The number of benzene rings is 2. The highest BCUT2D eigenvalue weighted by Crippen LogP contribution is 2.18. The molecule has 1 N–H and O–H groups in total. The first kappa shape index (κ1) is 14.9. The monoisotopic (exact) mass is 298 g/mol. The fourth-order valence-corrected chi connectivity index (χ4v) is 2.61. The quantitative estimate of drug-likeness (QED) is 0.947. The van der Waals surface area contributed by atoms with Gasteiger partial charge in [-0.2, -0.15) is 5.26 Å². The standard InChI is InChI=1S/C16H14N2O2S/c1-11-4-3-5-12(8-11)16(19)18-14-6-7-15(21(2)20)13(9-14)10-17/h3-9H,1-2H3,(H,18,19)/t21-/m1/s1. The number of carbonyl (C=O) groups excluding carboxylic acids is 1. The Hall–Kier alpha value is -2.45. The van der Waals surface area contributed by atoms with Crippen LogP contribution in [0.1, 0.15) is 21.5 Å². The van der Waals surface area contributed by atoms with Crippen LogP contribution in [0.2, 0.25) is 0 Å². The fourth-order valence-electron chi connectivity index (χ4n) is 1.94. The maximum atomic E-state index is 12.1. The number of hydrogen-bond acceptors (Lipinski definition) is 3. The molecule has 2 aromatic carbocycles. The van der Waals surface area contributed by atoms with E-state index in [2.05, 4.69) is 5.32 Å². The van der Waals surface area contributed by atoms with Crippen molar-refractivity contribution in [2.75, 3.05) is 11.6 Å². The van der Waals surface area contributed by atoms with Gasteiger partial charge in [-0.15, -0.1) is 0 Å². The molecule has 0 bridgehead atoms. The first-order chi connectivity index (χ1) is 10.0. The second-order valence-corrected chi connectivity index (χ2v) is 5.95. The molecule has 4 nitrogen and oxygen atoms in total. The van der Waals surface area contributed by atoms with Gasteiger partial charge in [0.15, 0.2) is 0 Å². The van der Waals surface area contributed by atoms with Gasteiger partial charge in [0.05, 0.1) is 21.3 Å². The minimum Gasteiger partial charge on any atom is -0.322 e. The summed E-state index contributed by atoms with van der Waals surface area (Å²) in [6.07, 6.45) is 1.52. The van der Waals surface area contributed by atoms with Gasteiger partial charge in [-0.3, -0.25) is 9.00 Å². The third-order valence-electron chi connectivity index (χ3n) is 2.95. The van der Waals surface area contributed by atoms with Crippen LogP contribution < -0.4 is 5.32 Å². The lowest BCUT2D eigenvalue weighted by Gasteiger charge is -2.08. The van der Waals surface area contributed by atoms with Crippen LogP contribution in [0.25, 0.3) is 0 Å². The van der Waals surface area contributed by atoms with E-state index >= 15 is 0 Å². The van der Waals surface area contributed by atoms with E-state index in [0.29, 0.717) is 21.7 Å². The van der Waals surface area contributed by atoms with Crippen LogP contribution in [0.3, 0.4) is 0 Å². The molecule has 0 aliphatic carbocycles. The molecule has 0 saturated heterocycles. The largest absolute Gasteiger partial charge is 0.322 e. The second kappa shape index (κ2) is 6.33. The molecular formula is C16H14N2O2S. The Balaban J connectivity index is 2.26. The molecule has 0 aliphatic heterocycles. The van der Waals surface area contributed by atoms with Crippen LogP contribution in [0.4, 0.5) is 5.69 Å². The number of nitriles is 1. The maximum absolute atomic E-state index is 12.1. The lowest BCUT2D eigenvalue weighted by Crippen LogP contribution is -2.12. The Kier molecular flexibility index (Phi) is 4.51. The predicted molar refractivity (Wildman–Crippen MR) is 82.6 cm³/mol. The van der Waals surface area contributed by atoms with Gasteiger partial charge in [0.25, 0.3) is 5.91 Å². The van der Waals surface area contributed by atoms with Crippen molar-refractivity contribution < 1.29 is 9.00 Å². The topological polar surface area (TPSA) is 70.0 Å². The van der Waals surface area contributed by atoms with Gasteiger partial charge in [0, 0.05) is 17.5 Å². The van der Waals surface area contributed by atoms with Crippen molar-refractivity contribution in [2.24, 2.45) is 0 Å². The summed E-state index contributed by atoms with van der Waals surface area (Å²) < 4.78 is 11.5. The first-order valence-corrected chi connectivity index (χ1v) is 7.82. The number of nitrogens with one attached hydrogen (secondary N) is 1. The highest BCUT2D eigenvalue weighted by atomic mass is 32.2. The molecule has 0 spiro atoms. The smallest absolute Gasteiger partial charge is 0.255 e. The highest BCUT2D eigenvalue weighted by Gasteiger charge is 2.10. The molecule has 5 heteroatoms. The molecule has 0 radical (unpaired) electrons. The van der Waals surface area contributed by atoms with Crippen molar-refractivity contribution in [2.45, 2.75) is 11.8 Å². The molecule has 2 aromatic rings. The van der Waals surface area contributed by atoms with Crippen LogP contribution in [0.15, 0.2) is 47.4 Å². The maximum Gasteiger partial charge on any atom is 0.255 e. The molecule has 1 atom stereocenters. The van der Waals surface area contributed by atoms with E-state index in [4.69, 9.17) is 5.26 Å². The molecule has 1 amide bonds. The number of carbonyl (C=O) groups is 1. The number of aryl methyl sites for hydroxylation is 1. The average molecular weight is 298 g/mol. The first-order valence-electron chi connectivity index (χ1n) is 6.27. The summed E-state index contributed by atoms with van der Waals surface area (Å²) in [6, 6.07) is 14.0. The van der Waals surface area contributed by atoms with Crippen LogP contribution in [-0.4, -0.2) is 16.4 Å². The summed E-state index contributed by atoms with van der Waals surface area (Å²) in [4.78, 5) is 12.6. The van der Waals surface area contributed by atoms with Gasteiger partial charge in [-0.25, -0.2) is 0 Å². The number of nitrogens with zero attached hydrogens (tertiary/aromatic N) is 1. The minimum atomic E-state index is -1.24. The highest BCUT2D eigenvalue weighted by molar-refractivity contribution is 7.84. The van der Waals surface area contributed by atoms with Crippen LogP contribution in [0.5, 0.6) is 0 Å². The summed E-state index contributed by atoms with van der Waals surface area (Å²) in [5.74, 6) is -0.243. The van der Waals surface area contributed by atoms with Crippen molar-refractivity contribution in [1.82, 2.24) is 0 Å². The Morgan fingerprint density at radius 2 is 2.00 bits per heavy atom. The van der Waals surface area contributed by atoms with Gasteiger partial charge in [0.2, 0.25) is 0 Å². The third-order valence-corrected chi connectivity index (χ3v) is 3.92. The van der Waals surface area contributed by atoms with Crippen molar-refractivity contribution in [3.05, 3.63) is 59.2 Å². The van der Waals surface area contributed by atoms with Gasteiger partial charge in [-0.05, 0) is 37.3 Å². The Bertz CT molecular complexity index is 763. The Labute approximate surface area is 125 Å². The summed E-state index contributed by atoms with van der Waals surface area (Å²) in [5.41, 5.74) is 2.36. The van der Waals surface area contributed by atoms with Gasteiger partial charge in [-0.1, -0.05) is 17.7 Å². The zero-order valence-electron chi connectivity index (χ0n) is 11.7. The van der Waals surface area contributed by atoms with Gasteiger partial charge in [0.1, 0.15) is 6.07 Å². The van der Waals surface area contributed by atoms with E-state index in [1.54, 1.807) is 24.3 Å². The molecule has 0 aromatic heterocycles. The van der Waals surface area contributed by atoms with Crippen molar-refractivity contribution in [1.29, 1.82) is 5.26 Å². The van der Waals surface area contributed by atoms with Gasteiger partial charge < -0.3 is 5.32 Å². The van der Waals surface area contributed by atoms with Crippen molar-refractivity contribution >= 4 is 22.4 Å². The van der Waals surface area contributed by atoms with Crippen molar-refractivity contribution in [3.63, 3.8) is 0 Å². The molecular weight excluding hydrogens is 284 g/mol. The summed E-state index contributed by atoms with van der Waals surface area (Å²) in [5, 5.41) is 11.8. The number of hydrogen-bond donors (Lipinski definition) is 1.